The van der Waals surface area contributed by atoms with Crippen LogP contribution in [-0.2, 0) is 10.0 Å². The maximum Gasteiger partial charge on any atom is 0.280 e. The van der Waals surface area contributed by atoms with Crippen molar-refractivity contribution in [3.05, 3.63) is 58.6 Å². The average molecular weight is 494 g/mol. The molecule has 0 atom stereocenters. The maximum atomic E-state index is 13.0. The van der Waals surface area contributed by atoms with Crippen LogP contribution in [0.4, 0.5) is 11.6 Å². The molecule has 8 nitrogen and oxygen atoms in total. The van der Waals surface area contributed by atoms with Crippen molar-refractivity contribution in [3.63, 3.8) is 0 Å². The fourth-order valence-corrected chi connectivity index (χ4v) is 4.69. The molecule has 1 saturated heterocycles. The first kappa shape index (κ1) is 22.6. The van der Waals surface area contributed by atoms with Gasteiger partial charge in [-0.05, 0) is 42.5 Å². The molecule has 0 radical (unpaired) electrons. The lowest BCUT2D eigenvalue weighted by atomic mass is 10.1. The number of hydrogen-bond donors (Lipinski definition) is 2. The number of sulfonamides is 1. The number of pyridine rings is 2. The second-order valence-electron chi connectivity index (χ2n) is 7.05. The normalized spacial score (nSPS) is 14.3. The standard InChI is InChI=1S/C21H21Cl2N5O3S/c1-31-14-5-6-16(22)15(13-14)21-17(23)7-8-18(25-21)27-32(29,30)20-4-2-3-19(26-20)28-11-9-24-10-12-28/h2-8,13,24H,9-12H2,1H3,(H,25,27). The summed E-state index contributed by atoms with van der Waals surface area (Å²) in [4.78, 5) is 10.8. The van der Waals surface area contributed by atoms with E-state index in [1.165, 1.54) is 19.2 Å². The fraction of sp³-hybridized carbons (Fsp3) is 0.238. The molecule has 0 amide bonds. The molecule has 2 N–H and O–H groups in total. The van der Waals surface area contributed by atoms with E-state index in [9.17, 15) is 8.42 Å². The Morgan fingerprint density at radius 3 is 2.53 bits per heavy atom. The first-order valence-corrected chi connectivity index (χ1v) is 12.1. The third-order valence-electron chi connectivity index (χ3n) is 4.94. The molecule has 0 saturated carbocycles. The number of nitrogens with zero attached hydrogens (tertiary/aromatic N) is 3. The molecule has 3 aromatic rings. The van der Waals surface area contributed by atoms with E-state index in [0.29, 0.717) is 32.9 Å². The Morgan fingerprint density at radius 2 is 1.78 bits per heavy atom. The number of halogens is 2. The van der Waals surface area contributed by atoms with E-state index >= 15 is 0 Å². The molecule has 0 unspecified atom stereocenters. The van der Waals surface area contributed by atoms with Crippen molar-refractivity contribution in [1.29, 1.82) is 0 Å². The van der Waals surface area contributed by atoms with Crippen molar-refractivity contribution in [2.24, 2.45) is 0 Å². The fourth-order valence-electron chi connectivity index (χ4n) is 3.31. The Hall–Kier alpha value is -2.59. The molecular weight excluding hydrogens is 473 g/mol. The van der Waals surface area contributed by atoms with Gasteiger partial charge < -0.3 is 15.0 Å². The van der Waals surface area contributed by atoms with E-state index in [4.69, 9.17) is 27.9 Å². The Labute approximate surface area is 196 Å². The van der Waals surface area contributed by atoms with Crippen molar-refractivity contribution >= 4 is 44.9 Å². The molecule has 32 heavy (non-hydrogen) atoms. The van der Waals surface area contributed by atoms with Gasteiger partial charge in [-0.25, -0.2) is 9.97 Å². The minimum Gasteiger partial charge on any atom is -0.497 e. The zero-order valence-corrected chi connectivity index (χ0v) is 19.5. The molecule has 11 heteroatoms. The number of benzene rings is 1. The molecule has 4 rings (SSSR count). The van der Waals surface area contributed by atoms with Gasteiger partial charge in [-0.3, -0.25) is 4.72 Å². The Balaban J connectivity index is 1.64. The Bertz CT molecular complexity index is 1230. The summed E-state index contributed by atoms with van der Waals surface area (Å²) in [6, 6.07) is 13.0. The van der Waals surface area contributed by atoms with E-state index < -0.39 is 10.0 Å². The van der Waals surface area contributed by atoms with Crippen molar-refractivity contribution in [2.75, 3.05) is 42.9 Å². The summed E-state index contributed by atoms with van der Waals surface area (Å²) in [7, 11) is -2.44. The molecule has 1 aromatic carbocycles. The highest BCUT2D eigenvalue weighted by Gasteiger charge is 2.21. The highest BCUT2D eigenvalue weighted by Crippen LogP contribution is 2.35. The molecule has 2 aromatic heterocycles. The summed E-state index contributed by atoms with van der Waals surface area (Å²) < 4.78 is 33.8. The van der Waals surface area contributed by atoms with Gasteiger partial charge in [0.05, 0.1) is 22.8 Å². The lowest BCUT2D eigenvalue weighted by Crippen LogP contribution is -2.44. The second kappa shape index (κ2) is 9.50. The van der Waals surface area contributed by atoms with Crippen molar-refractivity contribution < 1.29 is 13.2 Å². The molecular formula is C21H21Cl2N5O3S. The molecule has 0 aliphatic carbocycles. The number of piperazine rings is 1. The number of methoxy groups -OCH3 is 1. The topological polar surface area (TPSA) is 96.4 Å². The first-order chi connectivity index (χ1) is 15.4. The van der Waals surface area contributed by atoms with Crippen LogP contribution in [-0.4, -0.2) is 51.7 Å². The average Bonchev–Trinajstić information content (AvgIpc) is 2.81. The predicted octanol–water partition coefficient (Wildman–Crippen LogP) is 3.67. The summed E-state index contributed by atoms with van der Waals surface area (Å²) >= 11 is 12.7. The minimum absolute atomic E-state index is 0.0914. The van der Waals surface area contributed by atoms with Gasteiger partial charge in [0.2, 0.25) is 0 Å². The lowest BCUT2D eigenvalue weighted by molar-refractivity contribution is 0.415. The van der Waals surface area contributed by atoms with Crippen LogP contribution in [0.2, 0.25) is 10.0 Å². The van der Waals surface area contributed by atoms with Crippen LogP contribution >= 0.6 is 23.2 Å². The number of hydrogen-bond acceptors (Lipinski definition) is 7. The quantitative estimate of drug-likeness (QED) is 0.540. The number of aromatic nitrogens is 2. The summed E-state index contributed by atoms with van der Waals surface area (Å²) in [6.45, 7) is 3.16. The molecule has 0 spiro atoms. The zero-order valence-electron chi connectivity index (χ0n) is 17.2. The third-order valence-corrected chi connectivity index (χ3v) is 6.83. The molecule has 1 aliphatic rings. The van der Waals surface area contributed by atoms with E-state index in [1.54, 1.807) is 36.4 Å². The number of ether oxygens (including phenoxy) is 1. The van der Waals surface area contributed by atoms with Gasteiger partial charge in [0.1, 0.15) is 17.4 Å². The zero-order chi connectivity index (χ0) is 22.7. The first-order valence-electron chi connectivity index (χ1n) is 9.83. The number of nitrogens with one attached hydrogen (secondary N) is 2. The van der Waals surface area contributed by atoms with Gasteiger partial charge in [0, 0.05) is 31.7 Å². The van der Waals surface area contributed by atoms with Crippen LogP contribution in [0.15, 0.2) is 53.6 Å². The van der Waals surface area contributed by atoms with Gasteiger partial charge in [0.15, 0.2) is 5.03 Å². The molecule has 1 aliphatic heterocycles. The van der Waals surface area contributed by atoms with Crippen molar-refractivity contribution in [2.45, 2.75) is 5.03 Å². The van der Waals surface area contributed by atoms with Crippen LogP contribution in [0.3, 0.4) is 0 Å². The molecule has 1 fully saturated rings. The minimum atomic E-state index is -3.98. The van der Waals surface area contributed by atoms with Gasteiger partial charge in [-0.15, -0.1) is 0 Å². The monoisotopic (exact) mass is 493 g/mol. The van der Waals surface area contributed by atoms with E-state index in [2.05, 4.69) is 20.0 Å². The summed E-state index contributed by atoms with van der Waals surface area (Å²) in [5, 5.41) is 3.90. The van der Waals surface area contributed by atoms with Crippen LogP contribution in [0.25, 0.3) is 11.3 Å². The molecule has 3 heterocycles. The molecule has 0 bridgehead atoms. The number of anilines is 2. The third kappa shape index (κ3) is 4.91. The van der Waals surface area contributed by atoms with Crippen LogP contribution in [0.5, 0.6) is 5.75 Å². The Kier molecular flexibility index (Phi) is 6.71. The van der Waals surface area contributed by atoms with Crippen LogP contribution in [0.1, 0.15) is 0 Å². The summed E-state index contributed by atoms with van der Waals surface area (Å²) in [5.41, 5.74) is 0.856. The highest BCUT2D eigenvalue weighted by molar-refractivity contribution is 7.92. The van der Waals surface area contributed by atoms with Gasteiger partial charge >= 0.3 is 0 Å². The van der Waals surface area contributed by atoms with E-state index in [-0.39, 0.29) is 10.8 Å². The largest absolute Gasteiger partial charge is 0.497 e. The molecule has 168 valence electrons. The lowest BCUT2D eigenvalue weighted by Gasteiger charge is -2.28. The van der Waals surface area contributed by atoms with E-state index in [0.717, 1.165) is 26.2 Å². The second-order valence-corrected chi connectivity index (χ2v) is 9.49. The smallest absolute Gasteiger partial charge is 0.280 e. The summed E-state index contributed by atoms with van der Waals surface area (Å²) in [6.07, 6.45) is 0. The predicted molar refractivity (Wildman–Crippen MR) is 126 cm³/mol. The van der Waals surface area contributed by atoms with Crippen LogP contribution < -0.4 is 19.7 Å². The highest BCUT2D eigenvalue weighted by atomic mass is 35.5. The SMILES string of the molecule is COc1ccc(Cl)c(-c2nc(NS(=O)(=O)c3cccc(N4CCNCC4)n3)ccc2Cl)c1. The van der Waals surface area contributed by atoms with Gasteiger partial charge in [-0.2, -0.15) is 8.42 Å². The Morgan fingerprint density at radius 1 is 1.03 bits per heavy atom. The van der Waals surface area contributed by atoms with Gasteiger partial charge in [0.25, 0.3) is 10.0 Å². The van der Waals surface area contributed by atoms with Gasteiger partial charge in [-0.1, -0.05) is 29.3 Å². The van der Waals surface area contributed by atoms with Crippen molar-refractivity contribution in [3.8, 4) is 17.0 Å². The maximum absolute atomic E-state index is 13.0. The number of rotatable bonds is 6. The van der Waals surface area contributed by atoms with Crippen molar-refractivity contribution in [1.82, 2.24) is 15.3 Å². The van der Waals surface area contributed by atoms with Crippen LogP contribution in [0, 0.1) is 0 Å². The summed E-state index contributed by atoms with van der Waals surface area (Å²) in [5.74, 6) is 1.28. The van der Waals surface area contributed by atoms with E-state index in [1.807, 2.05) is 4.90 Å².